The number of fused-ring (bicyclic) bond motifs is 1. The second kappa shape index (κ2) is 7.69. The number of hydrogen-bond acceptors (Lipinski definition) is 7. The lowest BCUT2D eigenvalue weighted by Crippen LogP contribution is -2.37. The minimum atomic E-state index is 0.0946. The van der Waals surface area contributed by atoms with Gasteiger partial charge >= 0.3 is 6.01 Å². The van der Waals surface area contributed by atoms with Crippen LogP contribution in [0.1, 0.15) is 24.5 Å². The summed E-state index contributed by atoms with van der Waals surface area (Å²) in [4.78, 5) is 16.2. The number of nitrogens with zero attached hydrogens (tertiary/aromatic N) is 4. The zero-order valence-electron chi connectivity index (χ0n) is 15.6. The second-order valence-corrected chi connectivity index (χ2v) is 6.98. The van der Waals surface area contributed by atoms with Crippen LogP contribution < -0.4 is 9.64 Å². The molecule has 0 bridgehead atoms. The zero-order chi connectivity index (χ0) is 18.8. The van der Waals surface area contributed by atoms with Gasteiger partial charge in [0.25, 0.3) is 0 Å². The number of aromatic nitrogens is 3. The fourth-order valence-electron chi connectivity index (χ4n) is 3.65. The highest BCUT2D eigenvalue weighted by Gasteiger charge is 2.22. The van der Waals surface area contributed by atoms with E-state index in [2.05, 4.69) is 16.0 Å². The number of morpholine rings is 1. The molecule has 3 aromatic rings. The Morgan fingerprint density at radius 3 is 2.68 bits per heavy atom. The average Bonchev–Trinajstić information content (AvgIpc) is 3.29. The molecular weight excluding hydrogens is 356 g/mol. The molecule has 0 aliphatic carbocycles. The third-order valence-electron chi connectivity index (χ3n) is 5.08. The normalized spacial score (nSPS) is 19.9. The molecule has 2 aliphatic heterocycles. The SMILES string of the molecule is c1ccc(Oc2nc(N3CCOCC3)c3ncc(C4CCCO4)cc3n2)cc1. The van der Waals surface area contributed by atoms with Crippen LogP contribution in [0.5, 0.6) is 11.8 Å². The van der Waals surface area contributed by atoms with Gasteiger partial charge in [-0.1, -0.05) is 18.2 Å². The van der Waals surface area contributed by atoms with E-state index in [1.807, 2.05) is 36.5 Å². The minimum Gasteiger partial charge on any atom is -0.424 e. The first-order valence-electron chi connectivity index (χ1n) is 9.72. The summed E-state index contributed by atoms with van der Waals surface area (Å²) in [6.45, 7) is 3.69. The topological polar surface area (TPSA) is 69.6 Å². The minimum absolute atomic E-state index is 0.0946. The van der Waals surface area contributed by atoms with Crippen molar-refractivity contribution in [3.8, 4) is 11.8 Å². The van der Waals surface area contributed by atoms with Crippen molar-refractivity contribution in [2.45, 2.75) is 18.9 Å². The van der Waals surface area contributed by atoms with E-state index in [0.717, 1.165) is 55.0 Å². The molecule has 2 fully saturated rings. The van der Waals surface area contributed by atoms with Crippen LogP contribution in [-0.2, 0) is 9.47 Å². The van der Waals surface area contributed by atoms with Crippen LogP contribution >= 0.6 is 0 Å². The van der Waals surface area contributed by atoms with Gasteiger partial charge in [0.1, 0.15) is 11.3 Å². The van der Waals surface area contributed by atoms with Crippen molar-refractivity contribution >= 4 is 16.9 Å². The van der Waals surface area contributed by atoms with Gasteiger partial charge in [-0.05, 0) is 31.0 Å². The summed E-state index contributed by atoms with van der Waals surface area (Å²) in [5.41, 5.74) is 2.61. The molecule has 0 saturated carbocycles. The van der Waals surface area contributed by atoms with Crippen molar-refractivity contribution < 1.29 is 14.2 Å². The van der Waals surface area contributed by atoms with Crippen molar-refractivity contribution in [2.75, 3.05) is 37.8 Å². The maximum Gasteiger partial charge on any atom is 0.324 e. The van der Waals surface area contributed by atoms with Gasteiger partial charge in [0.05, 0.1) is 24.8 Å². The van der Waals surface area contributed by atoms with Crippen LogP contribution in [0.3, 0.4) is 0 Å². The summed E-state index contributed by atoms with van der Waals surface area (Å²) in [6.07, 6.45) is 4.08. The second-order valence-electron chi connectivity index (χ2n) is 6.98. The molecule has 1 unspecified atom stereocenters. The first-order chi connectivity index (χ1) is 13.9. The smallest absolute Gasteiger partial charge is 0.324 e. The quantitative estimate of drug-likeness (QED) is 0.688. The lowest BCUT2D eigenvalue weighted by molar-refractivity contribution is 0.112. The summed E-state index contributed by atoms with van der Waals surface area (Å²) in [5, 5.41) is 0. The van der Waals surface area contributed by atoms with E-state index in [-0.39, 0.29) is 6.10 Å². The Kier molecular flexibility index (Phi) is 4.76. The van der Waals surface area contributed by atoms with Gasteiger partial charge < -0.3 is 19.1 Å². The highest BCUT2D eigenvalue weighted by molar-refractivity contribution is 5.86. The number of rotatable bonds is 4. The molecule has 7 heteroatoms. The lowest BCUT2D eigenvalue weighted by Gasteiger charge is -2.28. The number of pyridine rings is 1. The predicted molar refractivity (Wildman–Crippen MR) is 105 cm³/mol. The van der Waals surface area contributed by atoms with Gasteiger partial charge in [-0.2, -0.15) is 9.97 Å². The summed E-state index contributed by atoms with van der Waals surface area (Å²) in [6, 6.07) is 12.0. The third-order valence-corrected chi connectivity index (χ3v) is 5.08. The van der Waals surface area contributed by atoms with E-state index in [9.17, 15) is 0 Å². The molecule has 0 N–H and O–H groups in total. The van der Waals surface area contributed by atoms with Gasteiger partial charge in [-0.25, -0.2) is 0 Å². The van der Waals surface area contributed by atoms with Crippen LogP contribution in [0.15, 0.2) is 42.6 Å². The van der Waals surface area contributed by atoms with Gasteiger partial charge in [0.2, 0.25) is 0 Å². The molecule has 2 aromatic heterocycles. The number of anilines is 1. The van der Waals surface area contributed by atoms with E-state index in [0.29, 0.717) is 25.0 Å². The Labute approximate surface area is 163 Å². The van der Waals surface area contributed by atoms with E-state index < -0.39 is 0 Å². The zero-order valence-corrected chi connectivity index (χ0v) is 15.6. The lowest BCUT2D eigenvalue weighted by atomic mass is 10.1. The Bertz CT molecular complexity index is 955. The Hall–Kier alpha value is -2.77. The van der Waals surface area contributed by atoms with E-state index in [4.69, 9.17) is 24.2 Å². The molecule has 5 rings (SSSR count). The summed E-state index contributed by atoms with van der Waals surface area (Å²) in [5.74, 6) is 1.50. The van der Waals surface area contributed by atoms with Crippen molar-refractivity contribution in [1.29, 1.82) is 0 Å². The van der Waals surface area contributed by atoms with Crippen LogP contribution in [0, 0.1) is 0 Å². The number of benzene rings is 1. The molecule has 2 saturated heterocycles. The Balaban J connectivity index is 1.57. The largest absolute Gasteiger partial charge is 0.424 e. The summed E-state index contributed by atoms with van der Waals surface area (Å²) in [7, 11) is 0. The summed E-state index contributed by atoms with van der Waals surface area (Å²) >= 11 is 0. The number of para-hydroxylation sites is 1. The standard InChI is InChI=1S/C21H22N4O3/c1-2-5-16(6-3-1)28-21-23-17-13-15(18-7-4-10-27-18)14-22-19(17)20(24-21)25-8-11-26-12-9-25/h1-3,5-6,13-14,18H,4,7-12H2. The first-order valence-corrected chi connectivity index (χ1v) is 9.72. The molecule has 7 nitrogen and oxygen atoms in total. The van der Waals surface area contributed by atoms with Crippen LogP contribution in [0.2, 0.25) is 0 Å². The molecule has 28 heavy (non-hydrogen) atoms. The highest BCUT2D eigenvalue weighted by atomic mass is 16.5. The molecule has 4 heterocycles. The molecule has 144 valence electrons. The third kappa shape index (κ3) is 3.50. The van der Waals surface area contributed by atoms with E-state index in [1.54, 1.807) is 0 Å². The van der Waals surface area contributed by atoms with Crippen LogP contribution in [-0.4, -0.2) is 47.9 Å². The predicted octanol–water partition coefficient (Wildman–Crippen LogP) is 3.51. The van der Waals surface area contributed by atoms with E-state index >= 15 is 0 Å². The molecule has 0 radical (unpaired) electrons. The molecular formula is C21H22N4O3. The molecule has 1 aromatic carbocycles. The highest BCUT2D eigenvalue weighted by Crippen LogP contribution is 2.32. The Morgan fingerprint density at radius 1 is 1.04 bits per heavy atom. The van der Waals surface area contributed by atoms with Crippen molar-refractivity contribution in [1.82, 2.24) is 15.0 Å². The van der Waals surface area contributed by atoms with Gasteiger partial charge in [0, 0.05) is 31.5 Å². The fourth-order valence-corrected chi connectivity index (χ4v) is 3.65. The van der Waals surface area contributed by atoms with Crippen LogP contribution in [0.25, 0.3) is 11.0 Å². The van der Waals surface area contributed by atoms with Gasteiger partial charge in [0.15, 0.2) is 5.82 Å². The molecule has 0 amide bonds. The first kappa shape index (κ1) is 17.3. The van der Waals surface area contributed by atoms with Gasteiger partial charge in [-0.15, -0.1) is 0 Å². The molecule has 1 atom stereocenters. The monoisotopic (exact) mass is 378 g/mol. The van der Waals surface area contributed by atoms with E-state index in [1.165, 1.54) is 0 Å². The molecule has 0 spiro atoms. The van der Waals surface area contributed by atoms with Crippen LogP contribution in [0.4, 0.5) is 5.82 Å². The molecule has 2 aliphatic rings. The van der Waals surface area contributed by atoms with Crippen molar-refractivity contribution in [3.63, 3.8) is 0 Å². The number of hydrogen-bond donors (Lipinski definition) is 0. The fraction of sp³-hybridized carbons (Fsp3) is 0.381. The van der Waals surface area contributed by atoms with Gasteiger partial charge in [-0.3, -0.25) is 4.98 Å². The van der Waals surface area contributed by atoms with Crippen molar-refractivity contribution in [2.24, 2.45) is 0 Å². The maximum absolute atomic E-state index is 5.94. The van der Waals surface area contributed by atoms with Crippen molar-refractivity contribution in [3.05, 3.63) is 48.2 Å². The number of ether oxygens (including phenoxy) is 3. The average molecular weight is 378 g/mol. The maximum atomic E-state index is 5.94. The summed E-state index contributed by atoms with van der Waals surface area (Å²) < 4.78 is 17.3. The Morgan fingerprint density at radius 2 is 1.89 bits per heavy atom.